The summed E-state index contributed by atoms with van der Waals surface area (Å²) in [5.41, 5.74) is 0.885. The molecule has 13 heavy (non-hydrogen) atoms. The molecule has 0 radical (unpaired) electrons. The van der Waals surface area contributed by atoms with Crippen molar-refractivity contribution >= 4 is 39.3 Å². The molecule has 0 aromatic heterocycles. The van der Waals surface area contributed by atoms with Crippen molar-refractivity contribution in [1.29, 1.82) is 0 Å². The number of hydrogen-bond acceptors (Lipinski definition) is 2. The van der Waals surface area contributed by atoms with Crippen molar-refractivity contribution in [2.24, 2.45) is 0 Å². The van der Waals surface area contributed by atoms with Crippen LogP contribution in [0.25, 0.3) is 0 Å². The van der Waals surface area contributed by atoms with Gasteiger partial charge < -0.3 is 10.5 Å². The summed E-state index contributed by atoms with van der Waals surface area (Å²) in [6, 6.07) is 0. The minimum Gasteiger partial charge on any atom is -0.361 e. The lowest BCUT2D eigenvalue weighted by Crippen LogP contribution is -2.32. The number of nitrogens with one attached hydrogen (secondary N) is 2. The zero-order chi connectivity index (χ0) is 10.1. The van der Waals surface area contributed by atoms with Gasteiger partial charge in [0.25, 0.3) is 0 Å². The van der Waals surface area contributed by atoms with Gasteiger partial charge in [-0.05, 0) is 26.1 Å². The largest absolute Gasteiger partial charge is 0.361 e. The molecule has 0 aliphatic carbocycles. The Morgan fingerprint density at radius 2 is 1.77 bits per heavy atom. The molecule has 0 aromatic rings. The van der Waals surface area contributed by atoms with E-state index in [0.717, 1.165) is 27.9 Å². The lowest BCUT2D eigenvalue weighted by Gasteiger charge is -2.19. The van der Waals surface area contributed by atoms with Gasteiger partial charge in [-0.25, -0.2) is 0 Å². The molecule has 4 atom stereocenters. The van der Waals surface area contributed by atoms with Crippen LogP contribution in [0.5, 0.6) is 0 Å². The van der Waals surface area contributed by atoms with Gasteiger partial charge >= 0.3 is 0 Å². The normalized spacial score (nSPS) is 16.6. The number of hydrogen-bond donors (Lipinski definition) is 2. The van der Waals surface area contributed by atoms with Crippen LogP contribution >= 0.6 is 17.2 Å². The van der Waals surface area contributed by atoms with Crippen LogP contribution in [0.15, 0.2) is 0 Å². The van der Waals surface area contributed by atoms with E-state index in [-0.39, 0.29) is 0 Å². The third-order valence-electron chi connectivity index (χ3n) is 2.14. The second-order valence-electron chi connectivity index (χ2n) is 3.23. The summed E-state index contributed by atoms with van der Waals surface area (Å²) in [7, 11) is 9.97. The predicted molar refractivity (Wildman–Crippen MR) is 75.6 cm³/mol. The highest BCUT2D eigenvalue weighted by Crippen LogP contribution is 2.33. The van der Waals surface area contributed by atoms with Crippen molar-refractivity contribution in [3.05, 3.63) is 0 Å². The highest BCUT2D eigenvalue weighted by Gasteiger charge is 2.14. The standard InChI is InChI=1S/C6H21B3N2P2/c1-7-5(8-10-2)13-6(12-4)9-11-3/h5-13H,1-4H3. The van der Waals surface area contributed by atoms with E-state index in [1.54, 1.807) is 0 Å². The van der Waals surface area contributed by atoms with E-state index in [4.69, 9.17) is 0 Å². The average molecular weight is 216 g/mol. The van der Waals surface area contributed by atoms with Gasteiger partial charge in [0.15, 0.2) is 0 Å². The maximum Gasteiger partial charge on any atom is 0.212 e. The molecule has 2 nitrogen and oxygen atoms in total. The highest BCUT2D eigenvalue weighted by molar-refractivity contribution is 7.63. The summed E-state index contributed by atoms with van der Waals surface area (Å²) < 4.78 is 0. The zero-order valence-corrected chi connectivity index (χ0v) is 11.3. The van der Waals surface area contributed by atoms with Crippen LogP contribution in [0.3, 0.4) is 0 Å². The lowest BCUT2D eigenvalue weighted by atomic mass is 9.62. The fourth-order valence-electron chi connectivity index (χ4n) is 1.30. The van der Waals surface area contributed by atoms with E-state index in [1.165, 1.54) is 22.1 Å². The molecule has 2 N–H and O–H groups in total. The molecule has 4 unspecified atom stereocenters. The fraction of sp³-hybridized carbons (Fsp3) is 1.00. The van der Waals surface area contributed by atoms with Gasteiger partial charge in [0, 0.05) is 0 Å². The molecule has 0 aliphatic rings. The van der Waals surface area contributed by atoms with Gasteiger partial charge in [0.2, 0.25) is 14.8 Å². The molecule has 0 aliphatic heterocycles. The SMILES string of the molecule is CBC(BNC)PC(BNC)PC. The predicted octanol–water partition coefficient (Wildman–Crippen LogP) is -0.833. The average Bonchev–Trinajstić information content (AvgIpc) is 2.16. The summed E-state index contributed by atoms with van der Waals surface area (Å²) >= 11 is 0. The Kier molecular flexibility index (Phi) is 10.2. The fourth-order valence-corrected chi connectivity index (χ4v) is 4.53. The van der Waals surface area contributed by atoms with Crippen LogP contribution in [0.1, 0.15) is 0 Å². The molecule has 7 heteroatoms. The third-order valence-corrected chi connectivity index (χ3v) is 6.09. The van der Waals surface area contributed by atoms with Crippen molar-refractivity contribution in [1.82, 2.24) is 10.5 Å². The van der Waals surface area contributed by atoms with Crippen molar-refractivity contribution in [3.8, 4) is 0 Å². The van der Waals surface area contributed by atoms with Gasteiger partial charge in [0.05, 0.1) is 0 Å². The minimum absolute atomic E-state index is 0.885. The Hall–Kier alpha value is 0.975. The second kappa shape index (κ2) is 9.53. The van der Waals surface area contributed by atoms with Gasteiger partial charge in [-0.3, -0.25) is 0 Å². The minimum atomic E-state index is 0.885. The van der Waals surface area contributed by atoms with Crippen LogP contribution in [-0.2, 0) is 0 Å². The summed E-state index contributed by atoms with van der Waals surface area (Å²) in [4.78, 5) is 0. The van der Waals surface area contributed by atoms with E-state index < -0.39 is 0 Å². The Labute approximate surface area is 88.5 Å². The molecule has 0 saturated carbocycles. The van der Waals surface area contributed by atoms with Gasteiger partial charge in [-0.15, -0.1) is 17.2 Å². The Morgan fingerprint density at radius 1 is 1.15 bits per heavy atom. The van der Waals surface area contributed by atoms with Crippen LogP contribution in [0.2, 0.25) is 6.82 Å². The van der Waals surface area contributed by atoms with E-state index in [2.05, 4.69) is 38.0 Å². The molecule has 74 valence electrons. The molecule has 0 fully saturated rings. The summed E-state index contributed by atoms with van der Waals surface area (Å²) in [5, 5.41) is 7.47. The molecular formula is C6H21B3N2P2. The van der Waals surface area contributed by atoms with Crippen molar-refractivity contribution < 1.29 is 0 Å². The van der Waals surface area contributed by atoms with E-state index in [9.17, 15) is 0 Å². The van der Waals surface area contributed by atoms with E-state index >= 15 is 0 Å². The molecule has 0 saturated heterocycles. The first-order chi connectivity index (χ1) is 6.28. The summed E-state index contributed by atoms with van der Waals surface area (Å²) in [6.07, 6.45) is 0. The van der Waals surface area contributed by atoms with Crippen LogP contribution in [-0.4, -0.2) is 53.6 Å². The molecule has 0 bridgehead atoms. The second-order valence-corrected chi connectivity index (χ2v) is 6.93. The summed E-state index contributed by atoms with van der Waals surface area (Å²) in [6.45, 7) is 4.62. The molecule has 0 aromatic carbocycles. The number of rotatable bonds is 8. The Morgan fingerprint density at radius 3 is 2.15 bits per heavy atom. The van der Waals surface area contributed by atoms with Gasteiger partial charge in [-0.2, -0.15) is 0 Å². The lowest BCUT2D eigenvalue weighted by molar-refractivity contribution is 1.23. The quantitative estimate of drug-likeness (QED) is 0.408. The van der Waals surface area contributed by atoms with Gasteiger partial charge in [-0.1, -0.05) is 12.3 Å². The topological polar surface area (TPSA) is 24.1 Å². The maximum absolute atomic E-state index is 3.28. The molecule has 0 heterocycles. The van der Waals surface area contributed by atoms with Gasteiger partial charge in [0.1, 0.15) is 7.28 Å². The highest BCUT2D eigenvalue weighted by atomic mass is 31.1. The smallest absolute Gasteiger partial charge is 0.212 e. The molecular weight excluding hydrogens is 194 g/mol. The van der Waals surface area contributed by atoms with Crippen molar-refractivity contribution in [2.45, 2.75) is 17.6 Å². The molecule has 0 rings (SSSR count). The van der Waals surface area contributed by atoms with Crippen molar-refractivity contribution in [2.75, 3.05) is 20.8 Å². The monoisotopic (exact) mass is 216 g/mol. The van der Waals surface area contributed by atoms with Crippen LogP contribution in [0.4, 0.5) is 0 Å². The van der Waals surface area contributed by atoms with Crippen LogP contribution < -0.4 is 10.5 Å². The van der Waals surface area contributed by atoms with E-state index in [1.807, 2.05) is 0 Å². The first kappa shape index (κ1) is 14.0. The van der Waals surface area contributed by atoms with Crippen LogP contribution in [0, 0.1) is 0 Å². The molecule has 0 amide bonds. The first-order valence-electron chi connectivity index (χ1n) is 5.00. The Bertz CT molecular complexity index is 108. The summed E-state index contributed by atoms with van der Waals surface area (Å²) in [5.74, 6) is 0. The first-order valence-corrected chi connectivity index (χ1v) is 7.74. The maximum atomic E-state index is 3.28. The third kappa shape index (κ3) is 6.97. The van der Waals surface area contributed by atoms with Crippen molar-refractivity contribution in [3.63, 3.8) is 0 Å². The zero-order valence-electron chi connectivity index (χ0n) is 9.28. The van der Waals surface area contributed by atoms with E-state index in [0.29, 0.717) is 0 Å². The molecule has 0 spiro atoms. The Balaban J connectivity index is 3.73.